The lowest BCUT2D eigenvalue weighted by Gasteiger charge is -2.43. The third kappa shape index (κ3) is 3.70. The number of amides is 3. The van der Waals surface area contributed by atoms with Gasteiger partial charge in [-0.05, 0) is 38.0 Å². The molecule has 3 amide bonds. The lowest BCUT2D eigenvalue weighted by molar-refractivity contribution is 0.0563. The Hall–Kier alpha value is -2.22. The van der Waals surface area contributed by atoms with E-state index < -0.39 is 0 Å². The van der Waals surface area contributed by atoms with Crippen molar-refractivity contribution in [3.05, 3.63) is 24.3 Å². The van der Waals surface area contributed by atoms with Crippen LogP contribution in [0, 0.1) is 5.92 Å². The summed E-state index contributed by atoms with van der Waals surface area (Å²) < 4.78 is 0. The maximum absolute atomic E-state index is 12.8. The van der Waals surface area contributed by atoms with Crippen molar-refractivity contribution in [2.45, 2.75) is 56.7 Å². The third-order valence-electron chi connectivity index (χ3n) is 7.24. The Balaban J connectivity index is 1.18. The number of urea groups is 1. The first-order valence-corrected chi connectivity index (χ1v) is 11.1. The van der Waals surface area contributed by atoms with E-state index in [1.54, 1.807) is 11.1 Å². The zero-order valence-electron chi connectivity index (χ0n) is 16.9. The highest BCUT2D eigenvalue weighted by atomic mass is 16.2. The SMILES string of the molecule is O=C(c1cnccn1)N1CCC2C(C1)NC(=O)N2C1CCN(CC2CCC2)CC1. The fraction of sp³-hybridized carbons (Fsp3) is 0.714. The molecule has 1 saturated carbocycles. The van der Waals surface area contributed by atoms with E-state index in [0.29, 0.717) is 24.8 Å². The van der Waals surface area contributed by atoms with Gasteiger partial charge in [0.05, 0.1) is 18.3 Å². The number of hydrogen-bond donors (Lipinski definition) is 1. The van der Waals surface area contributed by atoms with Crippen LogP contribution < -0.4 is 5.32 Å². The predicted molar refractivity (Wildman–Crippen MR) is 107 cm³/mol. The van der Waals surface area contributed by atoms with Gasteiger partial charge in [-0.15, -0.1) is 0 Å². The van der Waals surface area contributed by atoms with Crippen LogP contribution in [-0.2, 0) is 0 Å². The van der Waals surface area contributed by atoms with E-state index >= 15 is 0 Å². The number of aromatic nitrogens is 2. The number of piperidine rings is 2. The van der Waals surface area contributed by atoms with Crippen molar-refractivity contribution in [1.82, 2.24) is 30.0 Å². The molecule has 156 valence electrons. The minimum Gasteiger partial charge on any atom is -0.335 e. The topological polar surface area (TPSA) is 81.7 Å². The van der Waals surface area contributed by atoms with Crippen LogP contribution in [0.2, 0.25) is 0 Å². The summed E-state index contributed by atoms with van der Waals surface area (Å²) in [5, 5.41) is 3.14. The van der Waals surface area contributed by atoms with Gasteiger partial charge < -0.3 is 20.0 Å². The summed E-state index contributed by atoms with van der Waals surface area (Å²) in [4.78, 5) is 40.1. The minimum absolute atomic E-state index is 0.00452. The van der Waals surface area contributed by atoms with Gasteiger partial charge in [0.2, 0.25) is 0 Å². The third-order valence-corrected chi connectivity index (χ3v) is 7.24. The van der Waals surface area contributed by atoms with Gasteiger partial charge in [0, 0.05) is 51.2 Å². The number of nitrogens with one attached hydrogen (secondary N) is 1. The summed E-state index contributed by atoms with van der Waals surface area (Å²) >= 11 is 0. The number of rotatable bonds is 4. The summed E-state index contributed by atoms with van der Waals surface area (Å²) in [5.41, 5.74) is 0.367. The molecule has 1 aromatic rings. The number of likely N-dealkylation sites (tertiary alicyclic amines) is 2. The number of carbonyl (C=O) groups is 2. The fourth-order valence-electron chi connectivity index (χ4n) is 5.41. The van der Waals surface area contributed by atoms with Crippen molar-refractivity contribution < 1.29 is 9.59 Å². The standard InChI is InChI=1S/C21H30N6O2/c28-20(17-12-22-7-8-23-17)26-11-6-19-18(14-26)24-21(29)27(19)16-4-9-25(10-5-16)13-15-2-1-3-15/h7-8,12,15-16,18-19H,1-6,9-11,13-14H2,(H,24,29). The largest absolute Gasteiger partial charge is 0.335 e. The molecule has 4 heterocycles. The molecule has 0 radical (unpaired) electrons. The van der Waals surface area contributed by atoms with Crippen LogP contribution in [-0.4, -0.2) is 87.5 Å². The Kier molecular flexibility index (Phi) is 5.11. The molecule has 0 spiro atoms. The molecule has 1 aromatic heterocycles. The summed E-state index contributed by atoms with van der Waals surface area (Å²) in [6, 6.07) is 0.567. The highest BCUT2D eigenvalue weighted by Crippen LogP contribution is 2.31. The molecule has 5 rings (SSSR count). The molecule has 3 saturated heterocycles. The van der Waals surface area contributed by atoms with Crippen molar-refractivity contribution in [2.75, 3.05) is 32.7 Å². The van der Waals surface area contributed by atoms with Gasteiger partial charge in [-0.1, -0.05) is 6.42 Å². The molecule has 0 bridgehead atoms. The second-order valence-electron chi connectivity index (χ2n) is 8.99. The van der Waals surface area contributed by atoms with Crippen LogP contribution in [0.5, 0.6) is 0 Å². The maximum Gasteiger partial charge on any atom is 0.318 e. The molecule has 2 unspecified atom stereocenters. The fourth-order valence-corrected chi connectivity index (χ4v) is 5.41. The average Bonchev–Trinajstić information content (AvgIpc) is 3.06. The van der Waals surface area contributed by atoms with Gasteiger partial charge in [0.25, 0.3) is 5.91 Å². The van der Waals surface area contributed by atoms with Crippen LogP contribution >= 0.6 is 0 Å². The number of hydrogen-bond acceptors (Lipinski definition) is 5. The number of nitrogens with zero attached hydrogens (tertiary/aromatic N) is 5. The second kappa shape index (κ2) is 7.89. The van der Waals surface area contributed by atoms with Crippen molar-refractivity contribution in [1.29, 1.82) is 0 Å². The Morgan fingerprint density at radius 2 is 1.93 bits per heavy atom. The van der Waals surface area contributed by atoms with Crippen LogP contribution in [0.15, 0.2) is 18.6 Å². The van der Waals surface area contributed by atoms with E-state index in [9.17, 15) is 9.59 Å². The minimum atomic E-state index is -0.103. The smallest absolute Gasteiger partial charge is 0.318 e. The Bertz CT molecular complexity index is 747. The zero-order chi connectivity index (χ0) is 19.8. The first-order chi connectivity index (χ1) is 14.2. The van der Waals surface area contributed by atoms with Gasteiger partial charge in [-0.3, -0.25) is 9.78 Å². The monoisotopic (exact) mass is 398 g/mol. The molecule has 1 aliphatic carbocycles. The first kappa shape index (κ1) is 18.8. The lowest BCUT2D eigenvalue weighted by Crippen LogP contribution is -2.55. The van der Waals surface area contributed by atoms with Crippen molar-refractivity contribution in [2.24, 2.45) is 5.92 Å². The van der Waals surface area contributed by atoms with Gasteiger partial charge in [0.15, 0.2) is 0 Å². The molecule has 0 aromatic carbocycles. The average molecular weight is 399 g/mol. The van der Waals surface area contributed by atoms with Crippen molar-refractivity contribution in [3.63, 3.8) is 0 Å². The van der Waals surface area contributed by atoms with Crippen molar-refractivity contribution in [3.8, 4) is 0 Å². The summed E-state index contributed by atoms with van der Waals surface area (Å²) in [6.07, 6.45) is 11.7. The maximum atomic E-state index is 12.8. The van der Waals surface area contributed by atoms with Crippen molar-refractivity contribution >= 4 is 11.9 Å². The normalized spacial score (nSPS) is 28.8. The molecule has 4 aliphatic rings. The van der Waals surface area contributed by atoms with Crippen LogP contribution in [0.25, 0.3) is 0 Å². The molecule has 1 N–H and O–H groups in total. The molecule has 29 heavy (non-hydrogen) atoms. The Labute approximate surface area is 171 Å². The van der Waals surface area contributed by atoms with E-state index in [0.717, 1.165) is 38.3 Å². The lowest BCUT2D eigenvalue weighted by atomic mass is 9.84. The molecule has 4 fully saturated rings. The van der Waals surface area contributed by atoms with Gasteiger partial charge in [-0.2, -0.15) is 0 Å². The van der Waals surface area contributed by atoms with E-state index in [1.165, 1.54) is 38.2 Å². The molecular weight excluding hydrogens is 368 g/mol. The Morgan fingerprint density at radius 1 is 1.10 bits per heavy atom. The van der Waals surface area contributed by atoms with Gasteiger partial charge in [-0.25, -0.2) is 9.78 Å². The number of carbonyl (C=O) groups excluding carboxylic acids is 2. The van der Waals surface area contributed by atoms with Crippen LogP contribution in [0.3, 0.4) is 0 Å². The first-order valence-electron chi connectivity index (χ1n) is 11.1. The summed E-state index contributed by atoms with van der Waals surface area (Å²) in [7, 11) is 0. The van der Waals surface area contributed by atoms with Gasteiger partial charge >= 0.3 is 6.03 Å². The molecule has 2 atom stereocenters. The highest BCUT2D eigenvalue weighted by molar-refractivity contribution is 5.92. The second-order valence-corrected chi connectivity index (χ2v) is 8.99. The quantitative estimate of drug-likeness (QED) is 0.828. The molecule has 8 nitrogen and oxygen atoms in total. The van der Waals surface area contributed by atoms with E-state index in [-0.39, 0.29) is 24.0 Å². The van der Waals surface area contributed by atoms with Gasteiger partial charge in [0.1, 0.15) is 5.69 Å². The molecule has 3 aliphatic heterocycles. The molecule has 8 heteroatoms. The summed E-state index contributed by atoms with van der Waals surface area (Å²) in [5.74, 6) is 0.802. The van der Waals surface area contributed by atoms with Crippen LogP contribution in [0.4, 0.5) is 4.79 Å². The highest BCUT2D eigenvalue weighted by Gasteiger charge is 2.46. The molecular formula is C21H30N6O2. The van der Waals surface area contributed by atoms with E-state index in [4.69, 9.17) is 0 Å². The number of fused-ring (bicyclic) bond motifs is 1. The predicted octanol–water partition coefficient (Wildman–Crippen LogP) is 1.35. The zero-order valence-corrected chi connectivity index (χ0v) is 16.9. The summed E-state index contributed by atoms with van der Waals surface area (Å²) in [6.45, 7) is 4.63. The van der Waals surface area contributed by atoms with Crippen LogP contribution in [0.1, 0.15) is 49.0 Å². The van der Waals surface area contributed by atoms with E-state index in [2.05, 4.69) is 25.1 Å². The van der Waals surface area contributed by atoms with E-state index in [1.807, 2.05) is 0 Å². The Morgan fingerprint density at radius 3 is 2.62 bits per heavy atom.